The van der Waals surface area contributed by atoms with Gasteiger partial charge in [-0.25, -0.2) is 4.98 Å². The fraction of sp³-hybridized carbons (Fsp3) is 0.211. The molecule has 2 aromatic carbocycles. The summed E-state index contributed by atoms with van der Waals surface area (Å²) in [6.07, 6.45) is 1.89. The summed E-state index contributed by atoms with van der Waals surface area (Å²) < 4.78 is 2.18. The lowest BCUT2D eigenvalue weighted by Gasteiger charge is -2.17. The van der Waals surface area contributed by atoms with Gasteiger partial charge in [-0.2, -0.15) is 0 Å². The molecule has 1 aromatic heterocycles. The van der Waals surface area contributed by atoms with Crippen molar-refractivity contribution in [3.8, 4) is 0 Å². The first-order valence-electron chi connectivity index (χ1n) is 7.65. The average molecular weight is 326 g/mol. The number of nitrogens with zero attached hydrogens (tertiary/aromatic N) is 3. The Morgan fingerprint density at radius 2 is 1.96 bits per heavy atom. The molecule has 0 aliphatic rings. The van der Waals surface area contributed by atoms with E-state index in [2.05, 4.69) is 47.4 Å². The van der Waals surface area contributed by atoms with E-state index >= 15 is 0 Å². The Kier molecular flexibility index (Phi) is 4.79. The SMILES string of the molecule is C=CCn1c(CN(C)Cc2ccccc2)nc2ccc(Cl)cc21. The molecule has 0 bridgehead atoms. The van der Waals surface area contributed by atoms with Gasteiger partial charge in [0, 0.05) is 18.1 Å². The largest absolute Gasteiger partial charge is 0.323 e. The van der Waals surface area contributed by atoms with E-state index in [-0.39, 0.29) is 0 Å². The number of halogens is 1. The van der Waals surface area contributed by atoms with Gasteiger partial charge in [-0.3, -0.25) is 4.90 Å². The number of imidazole rings is 1. The molecule has 118 valence electrons. The minimum atomic E-state index is 0.728. The predicted molar refractivity (Wildman–Crippen MR) is 96.6 cm³/mol. The maximum atomic E-state index is 6.14. The van der Waals surface area contributed by atoms with E-state index in [1.54, 1.807) is 0 Å². The van der Waals surface area contributed by atoms with Crippen molar-refractivity contribution in [3.63, 3.8) is 0 Å². The molecule has 0 spiro atoms. The van der Waals surface area contributed by atoms with Gasteiger partial charge in [0.25, 0.3) is 0 Å². The minimum absolute atomic E-state index is 0.728. The van der Waals surface area contributed by atoms with Crippen LogP contribution in [0.1, 0.15) is 11.4 Å². The quantitative estimate of drug-likeness (QED) is 0.622. The summed E-state index contributed by atoms with van der Waals surface area (Å²) in [5, 5.41) is 0.729. The highest BCUT2D eigenvalue weighted by Gasteiger charge is 2.12. The van der Waals surface area contributed by atoms with E-state index in [0.29, 0.717) is 0 Å². The Balaban J connectivity index is 1.86. The zero-order valence-corrected chi connectivity index (χ0v) is 14.0. The van der Waals surface area contributed by atoms with Crippen LogP contribution < -0.4 is 0 Å². The van der Waals surface area contributed by atoms with Crippen LogP contribution in [0.15, 0.2) is 61.2 Å². The second-order valence-electron chi connectivity index (χ2n) is 5.72. The van der Waals surface area contributed by atoms with Crippen LogP contribution >= 0.6 is 11.6 Å². The summed E-state index contributed by atoms with van der Waals surface area (Å²) in [5.41, 5.74) is 3.32. The molecule has 3 nitrogen and oxygen atoms in total. The van der Waals surface area contributed by atoms with E-state index in [0.717, 1.165) is 41.5 Å². The molecule has 0 aliphatic heterocycles. The molecule has 0 saturated heterocycles. The zero-order valence-electron chi connectivity index (χ0n) is 13.2. The number of aromatic nitrogens is 2. The van der Waals surface area contributed by atoms with Crippen molar-refractivity contribution in [3.05, 3.63) is 77.6 Å². The van der Waals surface area contributed by atoms with Gasteiger partial charge in [0.1, 0.15) is 5.82 Å². The third-order valence-corrected chi connectivity index (χ3v) is 4.04. The van der Waals surface area contributed by atoms with Crippen LogP contribution in [0.5, 0.6) is 0 Å². The lowest BCUT2D eigenvalue weighted by molar-refractivity contribution is 0.307. The van der Waals surface area contributed by atoms with E-state index in [9.17, 15) is 0 Å². The Hall–Kier alpha value is -2.10. The van der Waals surface area contributed by atoms with Gasteiger partial charge in [0.2, 0.25) is 0 Å². The Bertz CT molecular complexity index is 808. The van der Waals surface area contributed by atoms with Gasteiger partial charge in [-0.05, 0) is 30.8 Å². The number of allylic oxidation sites excluding steroid dienone is 1. The highest BCUT2D eigenvalue weighted by molar-refractivity contribution is 6.31. The average Bonchev–Trinajstić information content (AvgIpc) is 2.86. The third-order valence-electron chi connectivity index (χ3n) is 3.81. The molecular formula is C19H20ClN3. The molecule has 4 heteroatoms. The highest BCUT2D eigenvalue weighted by atomic mass is 35.5. The van der Waals surface area contributed by atoms with Crippen LogP contribution in [0.25, 0.3) is 11.0 Å². The van der Waals surface area contributed by atoms with Gasteiger partial charge >= 0.3 is 0 Å². The normalized spacial score (nSPS) is 11.3. The van der Waals surface area contributed by atoms with E-state index in [1.807, 2.05) is 30.3 Å². The summed E-state index contributed by atoms with van der Waals surface area (Å²) in [6, 6.07) is 16.3. The van der Waals surface area contributed by atoms with E-state index < -0.39 is 0 Å². The molecule has 1 heterocycles. The van der Waals surface area contributed by atoms with Gasteiger partial charge in [-0.1, -0.05) is 48.0 Å². The molecule has 0 aliphatic carbocycles. The second-order valence-corrected chi connectivity index (χ2v) is 6.15. The van der Waals surface area contributed by atoms with Crippen LogP contribution in [0.2, 0.25) is 5.02 Å². The molecule has 0 atom stereocenters. The van der Waals surface area contributed by atoms with Crippen LogP contribution in [-0.2, 0) is 19.6 Å². The van der Waals surface area contributed by atoms with Crippen molar-refractivity contribution in [1.29, 1.82) is 0 Å². The van der Waals surface area contributed by atoms with Gasteiger partial charge in [0.05, 0.1) is 17.6 Å². The Morgan fingerprint density at radius 1 is 1.17 bits per heavy atom. The molecule has 0 radical (unpaired) electrons. The molecule has 0 saturated carbocycles. The molecule has 0 fully saturated rings. The van der Waals surface area contributed by atoms with Crippen molar-refractivity contribution in [2.75, 3.05) is 7.05 Å². The topological polar surface area (TPSA) is 21.1 Å². The van der Waals surface area contributed by atoms with Crippen molar-refractivity contribution in [2.24, 2.45) is 0 Å². The van der Waals surface area contributed by atoms with Gasteiger partial charge < -0.3 is 4.57 Å². The summed E-state index contributed by atoms with van der Waals surface area (Å²) in [4.78, 5) is 7.03. The molecular weight excluding hydrogens is 306 g/mol. The molecule has 3 rings (SSSR count). The van der Waals surface area contributed by atoms with Crippen molar-refractivity contribution in [1.82, 2.24) is 14.5 Å². The summed E-state index contributed by atoms with van der Waals surface area (Å²) >= 11 is 6.14. The molecule has 0 amide bonds. The Morgan fingerprint density at radius 3 is 2.70 bits per heavy atom. The minimum Gasteiger partial charge on any atom is -0.323 e. The maximum Gasteiger partial charge on any atom is 0.124 e. The van der Waals surface area contributed by atoms with Crippen LogP contribution in [0.3, 0.4) is 0 Å². The summed E-state index contributed by atoms with van der Waals surface area (Å²) in [6.45, 7) is 6.25. The second kappa shape index (κ2) is 6.99. The van der Waals surface area contributed by atoms with E-state index in [4.69, 9.17) is 16.6 Å². The monoisotopic (exact) mass is 325 g/mol. The highest BCUT2D eigenvalue weighted by Crippen LogP contribution is 2.22. The van der Waals surface area contributed by atoms with Crippen LogP contribution in [0, 0.1) is 0 Å². The van der Waals surface area contributed by atoms with Gasteiger partial charge in [-0.15, -0.1) is 6.58 Å². The summed E-state index contributed by atoms with van der Waals surface area (Å²) in [5.74, 6) is 1.03. The first-order valence-corrected chi connectivity index (χ1v) is 8.03. The number of hydrogen-bond acceptors (Lipinski definition) is 2. The first-order chi connectivity index (χ1) is 11.2. The standard InChI is InChI=1S/C19H20ClN3/c1-3-11-23-18-12-16(20)9-10-17(18)21-19(23)14-22(2)13-15-7-5-4-6-8-15/h3-10,12H,1,11,13-14H2,2H3. The van der Waals surface area contributed by atoms with E-state index in [1.165, 1.54) is 5.56 Å². The zero-order chi connectivity index (χ0) is 16.2. The fourth-order valence-corrected chi connectivity index (χ4v) is 2.96. The predicted octanol–water partition coefficient (Wildman–Crippen LogP) is 4.51. The maximum absolute atomic E-state index is 6.14. The number of fused-ring (bicyclic) bond motifs is 1. The van der Waals surface area contributed by atoms with Crippen molar-refractivity contribution < 1.29 is 0 Å². The molecule has 23 heavy (non-hydrogen) atoms. The first kappa shape index (κ1) is 15.8. The number of benzene rings is 2. The van der Waals surface area contributed by atoms with Crippen molar-refractivity contribution >= 4 is 22.6 Å². The van der Waals surface area contributed by atoms with Crippen LogP contribution in [-0.4, -0.2) is 21.5 Å². The fourth-order valence-electron chi connectivity index (χ4n) is 2.79. The molecule has 0 N–H and O–H groups in total. The third kappa shape index (κ3) is 3.63. The van der Waals surface area contributed by atoms with Crippen LogP contribution in [0.4, 0.5) is 0 Å². The lowest BCUT2D eigenvalue weighted by Crippen LogP contribution is -2.20. The molecule has 3 aromatic rings. The van der Waals surface area contributed by atoms with Gasteiger partial charge in [0.15, 0.2) is 0 Å². The summed E-state index contributed by atoms with van der Waals surface area (Å²) in [7, 11) is 2.11. The lowest BCUT2D eigenvalue weighted by atomic mass is 10.2. The number of hydrogen-bond donors (Lipinski definition) is 0. The Labute approximate surface area is 141 Å². The molecule has 0 unspecified atom stereocenters. The number of rotatable bonds is 6. The van der Waals surface area contributed by atoms with Crippen molar-refractivity contribution in [2.45, 2.75) is 19.6 Å². The smallest absolute Gasteiger partial charge is 0.124 e.